The van der Waals surface area contributed by atoms with Gasteiger partial charge in [-0.15, -0.1) is 11.3 Å². The maximum Gasteiger partial charge on any atom is 0.236 e. The second-order valence-corrected chi connectivity index (χ2v) is 8.53. The van der Waals surface area contributed by atoms with Crippen LogP contribution < -0.4 is 5.32 Å². The molecule has 1 aromatic heterocycles. The minimum atomic E-state index is -0.435. The molecule has 5 heteroatoms. The molecule has 0 atom stereocenters. The van der Waals surface area contributed by atoms with Crippen molar-refractivity contribution in [1.29, 1.82) is 0 Å². The highest BCUT2D eigenvalue weighted by Gasteiger charge is 2.42. The number of nitrogens with zero attached hydrogens (tertiary/aromatic N) is 1. The van der Waals surface area contributed by atoms with Crippen molar-refractivity contribution in [3.8, 4) is 0 Å². The standard InChI is InChI=1S/C22H21ClN2OS/c23-19-11-5-4-8-16(19)14-18-15-24-21(27-18)25-20(26)22(12-6-7-13-22)17-9-2-1-3-10-17/h1-5,8-11,15H,6-7,12-14H2,(H,24,25,26). The number of carbonyl (C=O) groups is 1. The van der Waals surface area contributed by atoms with E-state index in [9.17, 15) is 4.79 Å². The second kappa shape index (κ2) is 7.83. The Labute approximate surface area is 168 Å². The van der Waals surface area contributed by atoms with E-state index < -0.39 is 5.41 Å². The van der Waals surface area contributed by atoms with E-state index in [4.69, 9.17) is 11.6 Å². The third-order valence-electron chi connectivity index (χ3n) is 5.31. The Bertz CT molecular complexity index is 932. The lowest BCUT2D eigenvalue weighted by Gasteiger charge is -2.27. The molecule has 0 aliphatic heterocycles. The van der Waals surface area contributed by atoms with Gasteiger partial charge in [-0.2, -0.15) is 0 Å². The zero-order valence-corrected chi connectivity index (χ0v) is 16.5. The molecule has 2 aromatic carbocycles. The van der Waals surface area contributed by atoms with Crippen LogP contribution in [0.15, 0.2) is 60.8 Å². The Kier molecular flexibility index (Phi) is 5.28. The number of hydrogen-bond donors (Lipinski definition) is 1. The van der Waals surface area contributed by atoms with Gasteiger partial charge >= 0.3 is 0 Å². The lowest BCUT2D eigenvalue weighted by atomic mass is 9.78. The van der Waals surface area contributed by atoms with Crippen molar-refractivity contribution in [2.75, 3.05) is 5.32 Å². The molecule has 1 N–H and O–H groups in total. The van der Waals surface area contributed by atoms with Gasteiger partial charge in [-0.1, -0.05) is 73.0 Å². The molecular weight excluding hydrogens is 376 g/mol. The topological polar surface area (TPSA) is 42.0 Å². The first-order chi connectivity index (χ1) is 13.2. The lowest BCUT2D eigenvalue weighted by Crippen LogP contribution is -2.37. The summed E-state index contributed by atoms with van der Waals surface area (Å²) in [4.78, 5) is 18.7. The van der Waals surface area contributed by atoms with Crippen LogP contribution in [0.4, 0.5) is 5.13 Å². The van der Waals surface area contributed by atoms with E-state index in [1.54, 1.807) is 0 Å². The highest BCUT2D eigenvalue weighted by molar-refractivity contribution is 7.15. The van der Waals surface area contributed by atoms with Crippen LogP contribution in [0, 0.1) is 0 Å². The summed E-state index contributed by atoms with van der Waals surface area (Å²) < 4.78 is 0. The predicted octanol–water partition coefficient (Wildman–Crippen LogP) is 5.84. The van der Waals surface area contributed by atoms with E-state index in [0.29, 0.717) is 5.13 Å². The third-order valence-corrected chi connectivity index (χ3v) is 6.60. The lowest BCUT2D eigenvalue weighted by molar-refractivity contribution is -0.121. The van der Waals surface area contributed by atoms with E-state index in [2.05, 4.69) is 22.4 Å². The molecule has 0 radical (unpaired) electrons. The van der Waals surface area contributed by atoms with E-state index in [1.165, 1.54) is 11.3 Å². The van der Waals surface area contributed by atoms with Crippen LogP contribution in [0.1, 0.15) is 41.7 Å². The number of halogens is 1. The molecule has 1 aliphatic carbocycles. The smallest absolute Gasteiger partial charge is 0.236 e. The highest BCUT2D eigenvalue weighted by atomic mass is 35.5. The molecular formula is C22H21ClN2OS. The molecule has 1 aliphatic rings. The molecule has 1 fully saturated rings. The van der Waals surface area contributed by atoms with Crippen LogP contribution in [0.2, 0.25) is 5.02 Å². The zero-order valence-electron chi connectivity index (χ0n) is 15.0. The Balaban J connectivity index is 1.51. The molecule has 138 valence electrons. The van der Waals surface area contributed by atoms with Gasteiger partial charge in [-0.05, 0) is 30.0 Å². The summed E-state index contributed by atoms with van der Waals surface area (Å²) in [7, 11) is 0. The van der Waals surface area contributed by atoms with E-state index in [0.717, 1.165) is 53.1 Å². The Hall–Kier alpha value is -2.17. The average Bonchev–Trinajstić information content (AvgIpc) is 3.35. The fourth-order valence-electron chi connectivity index (χ4n) is 3.88. The largest absolute Gasteiger partial charge is 0.301 e. The van der Waals surface area contributed by atoms with Crippen LogP contribution in [-0.2, 0) is 16.6 Å². The number of anilines is 1. The number of nitrogens with one attached hydrogen (secondary N) is 1. The number of benzene rings is 2. The summed E-state index contributed by atoms with van der Waals surface area (Å²) in [6.45, 7) is 0. The van der Waals surface area contributed by atoms with Crippen molar-refractivity contribution in [3.63, 3.8) is 0 Å². The Morgan fingerprint density at radius 2 is 1.78 bits per heavy atom. The fraction of sp³-hybridized carbons (Fsp3) is 0.273. The first-order valence-electron chi connectivity index (χ1n) is 9.22. The number of aromatic nitrogens is 1. The summed E-state index contributed by atoms with van der Waals surface area (Å²) in [6.07, 6.45) is 6.49. The first kappa shape index (κ1) is 18.2. The number of thiazole rings is 1. The molecule has 0 saturated heterocycles. The second-order valence-electron chi connectivity index (χ2n) is 7.01. The zero-order chi connectivity index (χ0) is 18.7. The van der Waals surface area contributed by atoms with Crippen molar-refractivity contribution < 1.29 is 4.79 Å². The quantitative estimate of drug-likeness (QED) is 0.588. The molecule has 1 heterocycles. The predicted molar refractivity (Wildman–Crippen MR) is 112 cm³/mol. The van der Waals surface area contributed by atoms with Crippen molar-refractivity contribution in [2.24, 2.45) is 0 Å². The van der Waals surface area contributed by atoms with Crippen molar-refractivity contribution in [2.45, 2.75) is 37.5 Å². The van der Waals surface area contributed by atoms with E-state index in [-0.39, 0.29) is 5.91 Å². The van der Waals surface area contributed by atoms with Crippen LogP contribution in [-0.4, -0.2) is 10.9 Å². The SMILES string of the molecule is O=C(Nc1ncc(Cc2ccccc2Cl)s1)C1(c2ccccc2)CCCC1. The monoisotopic (exact) mass is 396 g/mol. The van der Waals surface area contributed by atoms with E-state index in [1.807, 2.05) is 48.7 Å². The van der Waals surface area contributed by atoms with Crippen LogP contribution >= 0.6 is 22.9 Å². The van der Waals surface area contributed by atoms with Crippen LogP contribution in [0.3, 0.4) is 0 Å². The van der Waals surface area contributed by atoms with Gasteiger partial charge in [-0.3, -0.25) is 4.79 Å². The molecule has 0 unspecified atom stereocenters. The summed E-state index contributed by atoms with van der Waals surface area (Å²) >= 11 is 7.77. The van der Waals surface area contributed by atoms with Gasteiger partial charge in [0.25, 0.3) is 0 Å². The highest BCUT2D eigenvalue weighted by Crippen LogP contribution is 2.42. The van der Waals surface area contributed by atoms with Crippen LogP contribution in [0.25, 0.3) is 0 Å². The van der Waals surface area contributed by atoms with Gasteiger partial charge < -0.3 is 5.32 Å². The van der Waals surface area contributed by atoms with Gasteiger partial charge in [-0.25, -0.2) is 4.98 Å². The normalized spacial score (nSPS) is 15.6. The molecule has 4 rings (SSSR count). The van der Waals surface area contributed by atoms with E-state index >= 15 is 0 Å². The third kappa shape index (κ3) is 3.78. The summed E-state index contributed by atoms with van der Waals surface area (Å²) in [5, 5.41) is 4.49. The molecule has 3 aromatic rings. The average molecular weight is 397 g/mol. The van der Waals surface area contributed by atoms with Gasteiger partial charge in [0, 0.05) is 22.5 Å². The molecule has 1 saturated carbocycles. The van der Waals surface area contributed by atoms with Crippen LogP contribution in [0.5, 0.6) is 0 Å². The molecule has 0 bridgehead atoms. The first-order valence-corrected chi connectivity index (χ1v) is 10.4. The molecule has 27 heavy (non-hydrogen) atoms. The Morgan fingerprint density at radius 1 is 1.07 bits per heavy atom. The maximum atomic E-state index is 13.2. The molecule has 1 amide bonds. The summed E-state index contributed by atoms with van der Waals surface area (Å²) in [5.41, 5.74) is 1.74. The summed E-state index contributed by atoms with van der Waals surface area (Å²) in [6, 6.07) is 18.0. The maximum absolute atomic E-state index is 13.2. The Morgan fingerprint density at radius 3 is 2.52 bits per heavy atom. The van der Waals surface area contributed by atoms with Crippen molar-refractivity contribution in [1.82, 2.24) is 4.98 Å². The number of rotatable bonds is 5. The minimum Gasteiger partial charge on any atom is -0.301 e. The number of amides is 1. The minimum absolute atomic E-state index is 0.0600. The summed E-state index contributed by atoms with van der Waals surface area (Å²) in [5.74, 6) is 0.0600. The fourth-order valence-corrected chi connectivity index (χ4v) is 4.91. The van der Waals surface area contributed by atoms with Gasteiger partial charge in [0.15, 0.2) is 5.13 Å². The van der Waals surface area contributed by atoms with Gasteiger partial charge in [0.1, 0.15) is 0 Å². The molecule has 3 nitrogen and oxygen atoms in total. The van der Waals surface area contributed by atoms with Gasteiger partial charge in [0.2, 0.25) is 5.91 Å². The molecule has 0 spiro atoms. The number of hydrogen-bond acceptors (Lipinski definition) is 3. The van der Waals surface area contributed by atoms with Crippen molar-refractivity contribution in [3.05, 3.63) is 81.8 Å². The number of carbonyl (C=O) groups excluding carboxylic acids is 1. The van der Waals surface area contributed by atoms with Crippen molar-refractivity contribution >= 4 is 34.0 Å². The van der Waals surface area contributed by atoms with Gasteiger partial charge in [0.05, 0.1) is 5.41 Å².